The van der Waals surface area contributed by atoms with E-state index in [1.807, 2.05) is 27.7 Å². The Bertz CT molecular complexity index is 266. The van der Waals surface area contributed by atoms with Crippen molar-refractivity contribution in [3.05, 3.63) is 0 Å². The van der Waals surface area contributed by atoms with Gasteiger partial charge in [-0.1, -0.05) is 0 Å². The number of carbonyl (C=O) groups is 2. The van der Waals surface area contributed by atoms with Gasteiger partial charge in [-0.2, -0.15) is 0 Å². The number of piperazine rings is 1. The molecule has 0 aromatic carbocycles. The fraction of sp³-hybridized carbons (Fsp3) is 0.833. The van der Waals surface area contributed by atoms with E-state index >= 15 is 0 Å². The summed E-state index contributed by atoms with van der Waals surface area (Å²) in [5, 5.41) is 0. The van der Waals surface area contributed by atoms with E-state index in [0.717, 1.165) is 0 Å². The molecule has 1 rings (SSSR count). The normalized spacial score (nSPS) is 16.1. The first-order chi connectivity index (χ1) is 8.40. The SMILES string of the molecule is CC(C)OC(=O)N1CCN(C(=O)OC(C)C)CC1. The van der Waals surface area contributed by atoms with E-state index in [4.69, 9.17) is 9.47 Å². The molecule has 0 unspecified atom stereocenters. The van der Waals surface area contributed by atoms with Gasteiger partial charge < -0.3 is 19.3 Å². The van der Waals surface area contributed by atoms with Crippen LogP contribution in [0, 0.1) is 0 Å². The first kappa shape index (κ1) is 14.6. The van der Waals surface area contributed by atoms with Crippen molar-refractivity contribution in [2.45, 2.75) is 39.9 Å². The first-order valence-corrected chi connectivity index (χ1v) is 6.31. The van der Waals surface area contributed by atoms with E-state index < -0.39 is 0 Å². The van der Waals surface area contributed by atoms with Crippen molar-refractivity contribution in [2.75, 3.05) is 26.2 Å². The lowest BCUT2D eigenvalue weighted by Gasteiger charge is -2.34. The molecule has 1 saturated heterocycles. The van der Waals surface area contributed by atoms with Gasteiger partial charge in [-0.3, -0.25) is 0 Å². The number of amides is 2. The number of hydrogen-bond acceptors (Lipinski definition) is 4. The molecule has 1 fully saturated rings. The number of rotatable bonds is 2. The number of carbonyl (C=O) groups excluding carboxylic acids is 2. The maximum atomic E-state index is 11.6. The minimum Gasteiger partial charge on any atom is -0.447 e. The van der Waals surface area contributed by atoms with E-state index in [1.165, 1.54) is 0 Å². The smallest absolute Gasteiger partial charge is 0.410 e. The average Bonchev–Trinajstić information content (AvgIpc) is 2.27. The molecule has 0 aromatic heterocycles. The third-order valence-electron chi connectivity index (χ3n) is 2.47. The Morgan fingerprint density at radius 3 is 1.28 bits per heavy atom. The van der Waals surface area contributed by atoms with Crippen molar-refractivity contribution in [1.29, 1.82) is 0 Å². The molecule has 18 heavy (non-hydrogen) atoms. The van der Waals surface area contributed by atoms with Crippen molar-refractivity contribution in [3.8, 4) is 0 Å². The topological polar surface area (TPSA) is 59.1 Å². The van der Waals surface area contributed by atoms with E-state index in [2.05, 4.69) is 0 Å². The first-order valence-electron chi connectivity index (χ1n) is 6.31. The van der Waals surface area contributed by atoms with Gasteiger partial charge in [-0.25, -0.2) is 9.59 Å². The molecule has 0 atom stereocenters. The van der Waals surface area contributed by atoms with Crippen molar-refractivity contribution in [1.82, 2.24) is 9.80 Å². The molecule has 1 aliphatic heterocycles. The zero-order chi connectivity index (χ0) is 13.7. The second-order valence-electron chi connectivity index (χ2n) is 4.84. The van der Waals surface area contributed by atoms with Crippen LogP contribution in [0.15, 0.2) is 0 Å². The summed E-state index contributed by atoms with van der Waals surface area (Å²) in [6, 6.07) is 0. The predicted octanol–water partition coefficient (Wildman–Crippen LogP) is 1.69. The highest BCUT2D eigenvalue weighted by molar-refractivity contribution is 5.70. The predicted molar refractivity (Wildman–Crippen MR) is 66.4 cm³/mol. The molecule has 0 radical (unpaired) electrons. The zero-order valence-electron chi connectivity index (χ0n) is 11.5. The Morgan fingerprint density at radius 2 is 1.06 bits per heavy atom. The molecule has 104 valence electrons. The van der Waals surface area contributed by atoms with Crippen molar-refractivity contribution < 1.29 is 19.1 Å². The third kappa shape index (κ3) is 4.43. The van der Waals surface area contributed by atoms with Gasteiger partial charge in [-0.05, 0) is 27.7 Å². The van der Waals surface area contributed by atoms with Crippen LogP contribution in [0.2, 0.25) is 0 Å². The monoisotopic (exact) mass is 258 g/mol. The summed E-state index contributed by atoms with van der Waals surface area (Å²) in [6.45, 7) is 9.19. The van der Waals surface area contributed by atoms with E-state index in [-0.39, 0.29) is 24.4 Å². The van der Waals surface area contributed by atoms with Gasteiger partial charge in [0.05, 0.1) is 12.2 Å². The lowest BCUT2D eigenvalue weighted by atomic mass is 10.3. The second kappa shape index (κ2) is 6.47. The summed E-state index contributed by atoms with van der Waals surface area (Å²) in [5.74, 6) is 0. The van der Waals surface area contributed by atoms with Crippen LogP contribution < -0.4 is 0 Å². The highest BCUT2D eigenvalue weighted by atomic mass is 16.6. The Balaban J connectivity index is 2.36. The zero-order valence-corrected chi connectivity index (χ0v) is 11.5. The van der Waals surface area contributed by atoms with Crippen LogP contribution in [0.1, 0.15) is 27.7 Å². The number of hydrogen-bond donors (Lipinski definition) is 0. The molecule has 1 heterocycles. The molecule has 0 bridgehead atoms. The molecular formula is C12H22N2O4. The fourth-order valence-electron chi connectivity index (χ4n) is 1.62. The molecule has 2 amide bonds. The molecular weight excluding hydrogens is 236 g/mol. The van der Waals surface area contributed by atoms with Crippen LogP contribution in [0.5, 0.6) is 0 Å². The Labute approximate surface area is 108 Å². The number of nitrogens with zero attached hydrogens (tertiary/aromatic N) is 2. The lowest BCUT2D eigenvalue weighted by molar-refractivity contribution is 0.0407. The van der Waals surface area contributed by atoms with Gasteiger partial charge in [0, 0.05) is 26.2 Å². The standard InChI is InChI=1S/C12H22N2O4/c1-9(2)17-11(15)13-5-7-14(8-6-13)12(16)18-10(3)4/h9-10H,5-8H2,1-4H3. The second-order valence-corrected chi connectivity index (χ2v) is 4.84. The van der Waals surface area contributed by atoms with Gasteiger partial charge in [0.15, 0.2) is 0 Å². The summed E-state index contributed by atoms with van der Waals surface area (Å²) in [7, 11) is 0. The van der Waals surface area contributed by atoms with Crippen LogP contribution in [0.3, 0.4) is 0 Å². The summed E-state index contributed by atoms with van der Waals surface area (Å²) in [6.07, 6.45) is -0.883. The average molecular weight is 258 g/mol. The molecule has 0 saturated carbocycles. The third-order valence-corrected chi connectivity index (χ3v) is 2.47. The Kier molecular flexibility index (Phi) is 5.25. The van der Waals surface area contributed by atoms with Crippen molar-refractivity contribution >= 4 is 12.2 Å². The van der Waals surface area contributed by atoms with Crippen LogP contribution in [0.4, 0.5) is 9.59 Å². The Hall–Kier alpha value is -1.46. The minimum atomic E-state index is -0.318. The lowest BCUT2D eigenvalue weighted by Crippen LogP contribution is -2.51. The largest absolute Gasteiger partial charge is 0.447 e. The van der Waals surface area contributed by atoms with Crippen molar-refractivity contribution in [2.24, 2.45) is 0 Å². The van der Waals surface area contributed by atoms with Crippen LogP contribution in [-0.2, 0) is 9.47 Å². The maximum absolute atomic E-state index is 11.6. The van der Waals surface area contributed by atoms with Gasteiger partial charge >= 0.3 is 12.2 Å². The van der Waals surface area contributed by atoms with E-state index in [0.29, 0.717) is 26.2 Å². The van der Waals surface area contributed by atoms with Crippen LogP contribution in [0.25, 0.3) is 0 Å². The van der Waals surface area contributed by atoms with Crippen molar-refractivity contribution in [3.63, 3.8) is 0 Å². The van der Waals surface area contributed by atoms with Gasteiger partial charge in [0.2, 0.25) is 0 Å². The maximum Gasteiger partial charge on any atom is 0.410 e. The summed E-state index contributed by atoms with van der Waals surface area (Å²) in [5.41, 5.74) is 0. The van der Waals surface area contributed by atoms with Crippen LogP contribution >= 0.6 is 0 Å². The molecule has 0 spiro atoms. The summed E-state index contributed by atoms with van der Waals surface area (Å²) < 4.78 is 10.2. The summed E-state index contributed by atoms with van der Waals surface area (Å²) in [4.78, 5) is 26.5. The fourth-order valence-corrected chi connectivity index (χ4v) is 1.62. The summed E-state index contributed by atoms with van der Waals surface area (Å²) >= 11 is 0. The van der Waals surface area contributed by atoms with Gasteiger partial charge in [-0.15, -0.1) is 0 Å². The van der Waals surface area contributed by atoms with Crippen LogP contribution in [-0.4, -0.2) is 60.4 Å². The minimum absolute atomic E-state index is 0.124. The number of ether oxygens (including phenoxy) is 2. The molecule has 1 aliphatic rings. The molecule has 0 N–H and O–H groups in total. The van der Waals surface area contributed by atoms with E-state index in [9.17, 15) is 9.59 Å². The Morgan fingerprint density at radius 1 is 0.778 bits per heavy atom. The highest BCUT2D eigenvalue weighted by Gasteiger charge is 2.26. The highest BCUT2D eigenvalue weighted by Crippen LogP contribution is 2.07. The van der Waals surface area contributed by atoms with Gasteiger partial charge in [0.1, 0.15) is 0 Å². The quantitative estimate of drug-likeness (QED) is 0.756. The molecule has 6 nitrogen and oxygen atoms in total. The molecule has 0 aliphatic carbocycles. The van der Waals surface area contributed by atoms with Gasteiger partial charge in [0.25, 0.3) is 0 Å². The molecule has 0 aromatic rings. The van der Waals surface area contributed by atoms with E-state index in [1.54, 1.807) is 9.80 Å². The molecule has 6 heteroatoms.